The molecule has 1 aliphatic heterocycles. The minimum Gasteiger partial charge on any atom is -0.457 e. The van der Waals surface area contributed by atoms with Gasteiger partial charge in [-0.3, -0.25) is 9.79 Å². The number of carbonyl (C=O) groups is 1. The lowest BCUT2D eigenvalue weighted by Crippen LogP contribution is -2.30. The summed E-state index contributed by atoms with van der Waals surface area (Å²) in [4.78, 5) is 17.3. The second kappa shape index (κ2) is 7.20. The van der Waals surface area contributed by atoms with Gasteiger partial charge in [0.1, 0.15) is 11.5 Å². The van der Waals surface area contributed by atoms with Crippen LogP contribution in [0.3, 0.4) is 0 Å². The van der Waals surface area contributed by atoms with Gasteiger partial charge in [-0.2, -0.15) is 5.26 Å². The lowest BCUT2D eigenvalue weighted by molar-refractivity contribution is -0.116. The predicted molar refractivity (Wildman–Crippen MR) is 104 cm³/mol. The number of para-hydroxylation sites is 1. The molecule has 0 fully saturated rings. The number of hydrogen-bond donors (Lipinski definition) is 0. The molecule has 4 heteroatoms. The number of nitriles is 1. The maximum atomic E-state index is 12.7. The van der Waals surface area contributed by atoms with Crippen molar-refractivity contribution in [3.05, 3.63) is 71.4 Å². The number of aliphatic imine (C=N–C) groups is 1. The van der Waals surface area contributed by atoms with Gasteiger partial charge in [-0.1, -0.05) is 30.3 Å². The number of rotatable bonds is 3. The molecule has 0 aromatic heterocycles. The molecule has 0 spiro atoms. The highest BCUT2D eigenvalue weighted by Gasteiger charge is 2.39. The van der Waals surface area contributed by atoms with Crippen molar-refractivity contribution in [2.75, 3.05) is 0 Å². The summed E-state index contributed by atoms with van der Waals surface area (Å²) in [6, 6.07) is 19.6. The third-order valence-corrected chi connectivity index (χ3v) is 5.17. The largest absolute Gasteiger partial charge is 0.457 e. The standard InChI is InChI=1S/C23H20N2O2/c1-15-19(14-24)22(23-20(25-15)11-6-12-21(23)26)16-7-5-10-18(13-16)27-17-8-3-2-4-9-17/h2-5,7-10,13,19,22H,6,11-12H2,1H3. The quantitative estimate of drug-likeness (QED) is 0.761. The van der Waals surface area contributed by atoms with Crippen molar-refractivity contribution in [3.8, 4) is 17.6 Å². The van der Waals surface area contributed by atoms with Crippen LogP contribution in [0.2, 0.25) is 0 Å². The third kappa shape index (κ3) is 3.29. The summed E-state index contributed by atoms with van der Waals surface area (Å²) in [6.07, 6.45) is 2.16. The summed E-state index contributed by atoms with van der Waals surface area (Å²) < 4.78 is 5.95. The highest BCUT2D eigenvalue weighted by atomic mass is 16.5. The summed E-state index contributed by atoms with van der Waals surface area (Å²) in [5.41, 5.74) is 3.28. The van der Waals surface area contributed by atoms with Crippen LogP contribution in [0.25, 0.3) is 0 Å². The first-order valence-corrected chi connectivity index (χ1v) is 9.21. The summed E-state index contributed by atoms with van der Waals surface area (Å²) in [7, 11) is 0. The number of Topliss-reactive ketones (excluding diaryl/α,β-unsaturated/α-hetero) is 1. The molecule has 2 aliphatic rings. The van der Waals surface area contributed by atoms with Crippen LogP contribution in [0, 0.1) is 17.2 Å². The lowest BCUT2D eigenvalue weighted by atomic mass is 9.72. The normalized spacial score (nSPS) is 21.9. The molecule has 4 rings (SSSR count). The van der Waals surface area contributed by atoms with E-state index < -0.39 is 5.92 Å². The Morgan fingerprint density at radius 3 is 2.63 bits per heavy atom. The number of carbonyl (C=O) groups excluding carboxylic acids is 1. The van der Waals surface area contributed by atoms with Crippen LogP contribution in [0.1, 0.15) is 37.7 Å². The first kappa shape index (κ1) is 17.2. The number of allylic oxidation sites excluding steroid dienone is 2. The molecule has 0 N–H and O–H groups in total. The van der Waals surface area contributed by atoms with Gasteiger partial charge >= 0.3 is 0 Å². The van der Waals surface area contributed by atoms with Gasteiger partial charge < -0.3 is 4.74 Å². The number of ether oxygens (including phenoxy) is 1. The number of hydrogen-bond acceptors (Lipinski definition) is 4. The molecule has 2 unspecified atom stereocenters. The molecule has 0 saturated carbocycles. The minimum absolute atomic E-state index is 0.118. The molecular weight excluding hydrogens is 336 g/mol. The summed E-state index contributed by atoms with van der Waals surface area (Å²) >= 11 is 0. The Labute approximate surface area is 158 Å². The third-order valence-electron chi connectivity index (χ3n) is 5.17. The van der Waals surface area contributed by atoms with Gasteiger partial charge in [-0.05, 0) is 49.6 Å². The van der Waals surface area contributed by atoms with E-state index >= 15 is 0 Å². The Kier molecular flexibility index (Phi) is 4.60. The number of ketones is 1. The van der Waals surface area contributed by atoms with E-state index in [9.17, 15) is 10.1 Å². The molecule has 134 valence electrons. The molecule has 4 nitrogen and oxygen atoms in total. The van der Waals surface area contributed by atoms with Gasteiger partial charge in [0, 0.05) is 29.3 Å². The lowest BCUT2D eigenvalue weighted by Gasteiger charge is -2.32. The fraction of sp³-hybridized carbons (Fsp3) is 0.261. The van der Waals surface area contributed by atoms with Gasteiger partial charge in [0.2, 0.25) is 0 Å². The zero-order valence-electron chi connectivity index (χ0n) is 15.2. The fourth-order valence-electron chi connectivity index (χ4n) is 3.93. The first-order chi connectivity index (χ1) is 13.2. The van der Waals surface area contributed by atoms with Gasteiger partial charge in [-0.15, -0.1) is 0 Å². The Bertz CT molecular complexity index is 983. The summed E-state index contributed by atoms with van der Waals surface area (Å²) in [6.45, 7) is 1.88. The van der Waals surface area contributed by atoms with Crippen molar-refractivity contribution < 1.29 is 9.53 Å². The molecule has 2 atom stereocenters. The van der Waals surface area contributed by atoms with Crippen molar-refractivity contribution in [2.24, 2.45) is 10.9 Å². The molecule has 0 radical (unpaired) electrons. The zero-order chi connectivity index (χ0) is 18.8. The highest BCUT2D eigenvalue weighted by Crippen LogP contribution is 2.43. The monoisotopic (exact) mass is 356 g/mol. The minimum atomic E-state index is -0.433. The number of nitrogens with zero attached hydrogens (tertiary/aromatic N) is 2. The molecule has 0 saturated heterocycles. The van der Waals surface area contributed by atoms with E-state index in [-0.39, 0.29) is 11.7 Å². The van der Waals surface area contributed by atoms with E-state index in [1.165, 1.54) is 0 Å². The van der Waals surface area contributed by atoms with E-state index in [0.29, 0.717) is 12.2 Å². The molecule has 2 aromatic carbocycles. The van der Waals surface area contributed by atoms with Crippen molar-refractivity contribution in [1.82, 2.24) is 0 Å². The maximum Gasteiger partial charge on any atom is 0.161 e. The Morgan fingerprint density at radius 1 is 1.07 bits per heavy atom. The second-order valence-electron chi connectivity index (χ2n) is 6.96. The highest BCUT2D eigenvalue weighted by molar-refractivity contribution is 6.02. The van der Waals surface area contributed by atoms with E-state index in [4.69, 9.17) is 4.74 Å². The van der Waals surface area contributed by atoms with Gasteiger partial charge in [-0.25, -0.2) is 0 Å². The summed E-state index contributed by atoms with van der Waals surface area (Å²) in [5, 5.41) is 9.78. The van der Waals surface area contributed by atoms with Gasteiger partial charge in [0.25, 0.3) is 0 Å². The summed E-state index contributed by atoms with van der Waals surface area (Å²) in [5.74, 6) is 0.849. The van der Waals surface area contributed by atoms with Crippen LogP contribution in [-0.4, -0.2) is 11.5 Å². The average Bonchev–Trinajstić information content (AvgIpc) is 2.68. The van der Waals surface area contributed by atoms with Crippen LogP contribution in [0.15, 0.2) is 70.9 Å². The maximum absolute atomic E-state index is 12.7. The van der Waals surface area contributed by atoms with Crippen LogP contribution in [-0.2, 0) is 4.79 Å². The van der Waals surface area contributed by atoms with Gasteiger partial charge in [0.05, 0.1) is 12.0 Å². The van der Waals surface area contributed by atoms with Gasteiger partial charge in [0.15, 0.2) is 5.78 Å². The van der Waals surface area contributed by atoms with Crippen molar-refractivity contribution in [1.29, 1.82) is 5.26 Å². The molecule has 27 heavy (non-hydrogen) atoms. The van der Waals surface area contributed by atoms with Crippen LogP contribution >= 0.6 is 0 Å². The molecule has 1 heterocycles. The smallest absolute Gasteiger partial charge is 0.161 e. The van der Waals surface area contributed by atoms with E-state index in [2.05, 4.69) is 11.1 Å². The van der Waals surface area contributed by atoms with E-state index in [1.807, 2.05) is 61.5 Å². The fourth-order valence-corrected chi connectivity index (χ4v) is 3.93. The topological polar surface area (TPSA) is 62.4 Å². The van der Waals surface area contributed by atoms with E-state index in [1.54, 1.807) is 0 Å². The zero-order valence-corrected chi connectivity index (χ0v) is 15.2. The Morgan fingerprint density at radius 2 is 1.85 bits per heavy atom. The van der Waals surface area contributed by atoms with Crippen molar-refractivity contribution in [2.45, 2.75) is 32.1 Å². The van der Waals surface area contributed by atoms with Crippen molar-refractivity contribution >= 4 is 11.5 Å². The second-order valence-corrected chi connectivity index (χ2v) is 6.96. The Hall–Kier alpha value is -3.19. The van der Waals surface area contributed by atoms with Crippen molar-refractivity contribution in [3.63, 3.8) is 0 Å². The molecule has 1 aliphatic carbocycles. The molecule has 2 aromatic rings. The molecular formula is C23H20N2O2. The Balaban J connectivity index is 1.75. The SMILES string of the molecule is CC1=NC2=C(C(=O)CCC2)C(c2cccc(Oc3ccccc3)c2)C1C#N. The van der Waals surface area contributed by atoms with E-state index in [0.717, 1.165) is 41.1 Å². The van der Waals surface area contributed by atoms with Crippen LogP contribution in [0.5, 0.6) is 11.5 Å². The first-order valence-electron chi connectivity index (χ1n) is 9.21. The van der Waals surface area contributed by atoms with Crippen LogP contribution in [0.4, 0.5) is 0 Å². The number of benzene rings is 2. The molecule has 0 amide bonds. The molecule has 0 bridgehead atoms. The van der Waals surface area contributed by atoms with Crippen LogP contribution < -0.4 is 4.74 Å². The average molecular weight is 356 g/mol. The predicted octanol–water partition coefficient (Wildman–Crippen LogP) is 5.18.